The molecule has 1 saturated heterocycles. The second-order valence-electron chi connectivity index (χ2n) is 5.57. The van der Waals surface area contributed by atoms with Crippen LogP contribution in [0.15, 0.2) is 17.5 Å². The molecule has 0 spiro atoms. The molecule has 5 heteroatoms. The highest BCUT2D eigenvalue weighted by Crippen LogP contribution is 2.22. The molecule has 2 heterocycles. The molecule has 2 rings (SSSR count). The maximum absolute atomic E-state index is 12.3. The Hall–Kier alpha value is -1.20. The largest absolute Gasteiger partial charge is 0.338 e. The van der Waals surface area contributed by atoms with E-state index in [2.05, 4.69) is 6.92 Å². The molecule has 0 aliphatic carbocycles. The van der Waals surface area contributed by atoms with Gasteiger partial charge in [-0.15, -0.1) is 11.3 Å². The van der Waals surface area contributed by atoms with Gasteiger partial charge in [-0.2, -0.15) is 0 Å². The van der Waals surface area contributed by atoms with E-state index in [-0.39, 0.29) is 36.6 Å². The number of ketones is 1. The number of piperidine rings is 1. The summed E-state index contributed by atoms with van der Waals surface area (Å²) >= 11 is 1.43. The molecule has 3 atom stereocenters. The van der Waals surface area contributed by atoms with Crippen molar-refractivity contribution in [3.8, 4) is 0 Å². The first-order chi connectivity index (χ1) is 9.50. The fraction of sp³-hybridized carbons (Fsp3) is 0.600. The molecule has 1 fully saturated rings. The van der Waals surface area contributed by atoms with E-state index in [1.165, 1.54) is 11.3 Å². The van der Waals surface area contributed by atoms with Crippen LogP contribution in [0, 0.1) is 5.92 Å². The zero-order chi connectivity index (χ0) is 14.7. The summed E-state index contributed by atoms with van der Waals surface area (Å²) in [6.45, 7) is 4.88. The molecule has 20 heavy (non-hydrogen) atoms. The maximum Gasteiger partial charge on any atom is 0.223 e. The van der Waals surface area contributed by atoms with Gasteiger partial charge in [0.1, 0.15) is 0 Å². The predicted octanol–water partition coefficient (Wildman–Crippen LogP) is 2.30. The van der Waals surface area contributed by atoms with E-state index in [0.29, 0.717) is 5.92 Å². The molecule has 0 aromatic carbocycles. The molecule has 0 unspecified atom stereocenters. The van der Waals surface area contributed by atoms with Gasteiger partial charge in [0.2, 0.25) is 5.91 Å². The van der Waals surface area contributed by atoms with Crippen molar-refractivity contribution in [2.75, 3.05) is 6.54 Å². The van der Waals surface area contributed by atoms with E-state index in [0.717, 1.165) is 17.8 Å². The van der Waals surface area contributed by atoms with Crippen molar-refractivity contribution in [1.29, 1.82) is 0 Å². The summed E-state index contributed by atoms with van der Waals surface area (Å²) in [6, 6.07) is 3.75. The molecule has 1 amide bonds. The Morgan fingerprint density at radius 2 is 2.15 bits per heavy atom. The minimum atomic E-state index is 0.0284. The van der Waals surface area contributed by atoms with Gasteiger partial charge in [-0.25, -0.2) is 0 Å². The smallest absolute Gasteiger partial charge is 0.223 e. The molecule has 0 bridgehead atoms. The zero-order valence-corrected chi connectivity index (χ0v) is 12.9. The van der Waals surface area contributed by atoms with Gasteiger partial charge in [-0.05, 0) is 30.7 Å². The van der Waals surface area contributed by atoms with E-state index in [1.807, 2.05) is 23.3 Å². The molecule has 110 valence electrons. The van der Waals surface area contributed by atoms with Gasteiger partial charge in [0.15, 0.2) is 5.78 Å². The van der Waals surface area contributed by atoms with Gasteiger partial charge in [-0.3, -0.25) is 9.59 Å². The van der Waals surface area contributed by atoms with Gasteiger partial charge < -0.3 is 10.6 Å². The predicted molar refractivity (Wildman–Crippen MR) is 80.8 cm³/mol. The first-order valence-electron chi connectivity index (χ1n) is 7.12. The van der Waals surface area contributed by atoms with Crippen LogP contribution in [0.4, 0.5) is 0 Å². The third-order valence-corrected chi connectivity index (χ3v) is 5.12. The van der Waals surface area contributed by atoms with Crippen molar-refractivity contribution in [1.82, 2.24) is 4.90 Å². The number of nitrogens with two attached hydrogens (primary N) is 1. The lowest BCUT2D eigenvalue weighted by atomic mass is 9.88. The molecule has 1 aliphatic rings. The molecular weight excluding hydrogens is 272 g/mol. The third kappa shape index (κ3) is 3.27. The number of rotatable bonds is 4. The minimum absolute atomic E-state index is 0.0284. The Morgan fingerprint density at radius 3 is 2.80 bits per heavy atom. The van der Waals surface area contributed by atoms with Crippen LogP contribution in [0.3, 0.4) is 0 Å². The Labute approximate surface area is 124 Å². The van der Waals surface area contributed by atoms with Gasteiger partial charge in [-0.1, -0.05) is 13.0 Å². The first kappa shape index (κ1) is 15.2. The van der Waals surface area contributed by atoms with Crippen LogP contribution < -0.4 is 5.73 Å². The summed E-state index contributed by atoms with van der Waals surface area (Å²) in [5, 5.41) is 1.88. The van der Waals surface area contributed by atoms with Crippen molar-refractivity contribution in [2.45, 2.75) is 45.2 Å². The van der Waals surface area contributed by atoms with Crippen LogP contribution in [0.25, 0.3) is 0 Å². The van der Waals surface area contributed by atoms with Crippen LogP contribution in [0.5, 0.6) is 0 Å². The second kappa shape index (κ2) is 6.50. The van der Waals surface area contributed by atoms with E-state index < -0.39 is 0 Å². The summed E-state index contributed by atoms with van der Waals surface area (Å²) in [6.07, 6.45) is 1.51. The first-order valence-corrected chi connectivity index (χ1v) is 8.00. The van der Waals surface area contributed by atoms with Crippen LogP contribution in [0.1, 0.15) is 42.8 Å². The number of thiophene rings is 1. The fourth-order valence-corrected chi connectivity index (χ4v) is 3.39. The third-order valence-electron chi connectivity index (χ3n) is 4.21. The quantitative estimate of drug-likeness (QED) is 0.867. The summed E-state index contributed by atoms with van der Waals surface area (Å²) in [4.78, 5) is 26.7. The summed E-state index contributed by atoms with van der Waals surface area (Å²) in [5.74, 6) is 0.544. The average molecular weight is 294 g/mol. The SMILES string of the molecule is C[C@H]1CCN(C(=O)CCC(=O)c2cccs2)[C@@H](C)[C@H]1N. The van der Waals surface area contributed by atoms with Gasteiger partial charge in [0.25, 0.3) is 0 Å². The number of Topliss-reactive ketones (excluding diaryl/α,β-unsaturated/α-hetero) is 1. The van der Waals surface area contributed by atoms with Crippen LogP contribution in [0.2, 0.25) is 0 Å². The van der Waals surface area contributed by atoms with Gasteiger partial charge >= 0.3 is 0 Å². The Bertz CT molecular complexity index is 472. The van der Waals surface area contributed by atoms with Crippen molar-refractivity contribution < 1.29 is 9.59 Å². The molecule has 1 aliphatic heterocycles. The van der Waals surface area contributed by atoms with Crippen LogP contribution in [-0.4, -0.2) is 35.2 Å². The van der Waals surface area contributed by atoms with Crippen molar-refractivity contribution in [3.63, 3.8) is 0 Å². The highest BCUT2D eigenvalue weighted by atomic mass is 32.1. The Balaban J connectivity index is 1.87. The molecular formula is C15H22N2O2S. The van der Waals surface area contributed by atoms with Crippen molar-refractivity contribution in [2.24, 2.45) is 11.7 Å². The van der Waals surface area contributed by atoms with Gasteiger partial charge in [0, 0.05) is 31.5 Å². The average Bonchev–Trinajstić information content (AvgIpc) is 2.96. The lowest BCUT2D eigenvalue weighted by Crippen LogP contribution is -2.56. The highest BCUT2D eigenvalue weighted by molar-refractivity contribution is 7.12. The number of likely N-dealkylation sites (tertiary alicyclic amines) is 1. The van der Waals surface area contributed by atoms with E-state index in [9.17, 15) is 9.59 Å². The van der Waals surface area contributed by atoms with E-state index in [1.54, 1.807) is 6.07 Å². The zero-order valence-electron chi connectivity index (χ0n) is 12.0. The van der Waals surface area contributed by atoms with Crippen molar-refractivity contribution in [3.05, 3.63) is 22.4 Å². The number of hydrogen-bond acceptors (Lipinski definition) is 4. The topological polar surface area (TPSA) is 63.4 Å². The van der Waals surface area contributed by atoms with E-state index >= 15 is 0 Å². The fourth-order valence-electron chi connectivity index (χ4n) is 2.70. The molecule has 1 aromatic rings. The van der Waals surface area contributed by atoms with Crippen molar-refractivity contribution >= 4 is 23.0 Å². The summed E-state index contributed by atoms with van der Waals surface area (Å²) < 4.78 is 0. The highest BCUT2D eigenvalue weighted by Gasteiger charge is 2.32. The molecule has 4 nitrogen and oxygen atoms in total. The number of amides is 1. The van der Waals surface area contributed by atoms with Crippen LogP contribution in [-0.2, 0) is 4.79 Å². The number of carbonyl (C=O) groups excluding carboxylic acids is 2. The maximum atomic E-state index is 12.3. The second-order valence-corrected chi connectivity index (χ2v) is 6.52. The van der Waals surface area contributed by atoms with Crippen LogP contribution >= 0.6 is 11.3 Å². The molecule has 0 saturated carbocycles. The normalized spacial score (nSPS) is 26.6. The standard InChI is InChI=1S/C15H22N2O2S/c1-10-7-8-17(11(2)15(10)16)14(19)6-5-12(18)13-4-3-9-20-13/h3-4,9-11,15H,5-8,16H2,1-2H3/t10-,11-,15-/m0/s1. The number of hydrogen-bond donors (Lipinski definition) is 1. The lowest BCUT2D eigenvalue weighted by Gasteiger charge is -2.41. The number of nitrogens with zero attached hydrogens (tertiary/aromatic N) is 1. The lowest BCUT2D eigenvalue weighted by molar-refractivity contribution is -0.135. The Kier molecular flexibility index (Phi) is 4.94. The number of carbonyl (C=O) groups is 2. The molecule has 2 N–H and O–H groups in total. The molecule has 1 aromatic heterocycles. The summed E-state index contributed by atoms with van der Waals surface area (Å²) in [7, 11) is 0. The Morgan fingerprint density at radius 1 is 1.40 bits per heavy atom. The molecule has 0 radical (unpaired) electrons. The van der Waals surface area contributed by atoms with Gasteiger partial charge in [0.05, 0.1) is 4.88 Å². The minimum Gasteiger partial charge on any atom is -0.338 e. The summed E-state index contributed by atoms with van der Waals surface area (Å²) in [5.41, 5.74) is 6.12. The monoisotopic (exact) mass is 294 g/mol. The van der Waals surface area contributed by atoms with E-state index in [4.69, 9.17) is 5.73 Å².